The van der Waals surface area contributed by atoms with Crippen molar-refractivity contribution in [3.63, 3.8) is 0 Å². The molecule has 0 saturated carbocycles. The molecule has 6 nitrogen and oxygen atoms in total. The fourth-order valence-corrected chi connectivity index (χ4v) is 2.90. The van der Waals surface area contributed by atoms with Gasteiger partial charge in [0.2, 0.25) is 0 Å². The van der Waals surface area contributed by atoms with Gasteiger partial charge < -0.3 is 18.9 Å². The molecule has 3 rings (SSSR count). The molecular weight excluding hydrogens is 384 g/mol. The quantitative estimate of drug-likeness (QED) is 0.462. The summed E-state index contributed by atoms with van der Waals surface area (Å²) in [7, 11) is 3.06. The summed E-state index contributed by atoms with van der Waals surface area (Å²) >= 11 is 0. The number of carbonyl (C=O) groups excluding carboxylic acids is 2. The largest absolute Gasteiger partial charge is 0.493 e. The minimum Gasteiger partial charge on any atom is -0.493 e. The van der Waals surface area contributed by atoms with Crippen molar-refractivity contribution in [2.45, 2.75) is 13.2 Å². The van der Waals surface area contributed by atoms with Gasteiger partial charge in [-0.2, -0.15) is 0 Å². The Balaban J connectivity index is 1.73. The van der Waals surface area contributed by atoms with Crippen LogP contribution in [0.4, 0.5) is 0 Å². The van der Waals surface area contributed by atoms with E-state index < -0.39 is 0 Å². The summed E-state index contributed by atoms with van der Waals surface area (Å²) in [5.41, 5.74) is 2.93. The molecule has 3 aromatic rings. The molecule has 0 atom stereocenters. The van der Waals surface area contributed by atoms with Gasteiger partial charge in [0.1, 0.15) is 25.8 Å². The molecule has 6 heteroatoms. The normalized spacial score (nSPS) is 10.2. The third-order valence-corrected chi connectivity index (χ3v) is 4.53. The molecule has 0 aliphatic rings. The first kappa shape index (κ1) is 20.9. The Morgan fingerprint density at radius 2 is 1.07 bits per heavy atom. The Labute approximate surface area is 175 Å². The lowest BCUT2D eigenvalue weighted by molar-refractivity contribution is 0.111. The van der Waals surface area contributed by atoms with Gasteiger partial charge >= 0.3 is 0 Å². The predicted molar refractivity (Wildman–Crippen MR) is 112 cm³/mol. The summed E-state index contributed by atoms with van der Waals surface area (Å²) in [6.07, 6.45) is 1.52. The highest BCUT2D eigenvalue weighted by Gasteiger charge is 2.10. The standard InChI is InChI=1S/C24H22O6/c1-27-23-11-17(13-25)7-9-21(23)29-15-19-5-3-4-6-20(19)16-30-22-10-8-18(14-26)12-24(22)28-2/h3-14H,15-16H2,1-2H3. The van der Waals surface area contributed by atoms with Crippen LogP contribution in [-0.4, -0.2) is 26.8 Å². The number of aldehydes is 2. The third kappa shape index (κ3) is 4.97. The number of ether oxygens (including phenoxy) is 4. The molecule has 0 aromatic heterocycles. The molecule has 0 spiro atoms. The average molecular weight is 406 g/mol. The van der Waals surface area contributed by atoms with Gasteiger partial charge in [0.05, 0.1) is 14.2 Å². The summed E-state index contributed by atoms with van der Waals surface area (Å²) < 4.78 is 22.5. The van der Waals surface area contributed by atoms with Crippen molar-refractivity contribution in [1.29, 1.82) is 0 Å². The van der Waals surface area contributed by atoms with Crippen LogP contribution < -0.4 is 18.9 Å². The predicted octanol–water partition coefficient (Wildman–Crippen LogP) is 4.49. The van der Waals surface area contributed by atoms with Crippen molar-refractivity contribution in [2.75, 3.05) is 14.2 Å². The fourth-order valence-electron chi connectivity index (χ4n) is 2.90. The van der Waals surface area contributed by atoms with Crippen molar-refractivity contribution >= 4 is 12.6 Å². The lowest BCUT2D eigenvalue weighted by Crippen LogP contribution is -2.05. The van der Waals surface area contributed by atoms with Crippen molar-refractivity contribution in [1.82, 2.24) is 0 Å². The molecule has 154 valence electrons. The van der Waals surface area contributed by atoms with Gasteiger partial charge in [0.25, 0.3) is 0 Å². The van der Waals surface area contributed by atoms with Crippen molar-refractivity contribution in [3.8, 4) is 23.0 Å². The molecular formula is C24H22O6. The Kier molecular flexibility index (Phi) is 7.05. The number of methoxy groups -OCH3 is 2. The second-order valence-electron chi connectivity index (χ2n) is 6.40. The monoisotopic (exact) mass is 406 g/mol. The van der Waals surface area contributed by atoms with E-state index in [4.69, 9.17) is 18.9 Å². The fraction of sp³-hybridized carbons (Fsp3) is 0.167. The van der Waals surface area contributed by atoms with Gasteiger partial charge in [-0.3, -0.25) is 9.59 Å². The molecule has 3 aromatic carbocycles. The van der Waals surface area contributed by atoms with E-state index in [9.17, 15) is 9.59 Å². The number of carbonyl (C=O) groups is 2. The van der Waals surface area contributed by atoms with Gasteiger partial charge in [-0.1, -0.05) is 24.3 Å². The maximum absolute atomic E-state index is 10.9. The highest BCUT2D eigenvalue weighted by atomic mass is 16.5. The number of benzene rings is 3. The average Bonchev–Trinajstić information content (AvgIpc) is 2.81. The van der Waals surface area contributed by atoms with Crippen LogP contribution in [0.5, 0.6) is 23.0 Å². The zero-order chi connectivity index (χ0) is 21.3. The van der Waals surface area contributed by atoms with Crippen molar-refractivity contribution in [3.05, 3.63) is 82.9 Å². The van der Waals surface area contributed by atoms with E-state index in [1.54, 1.807) is 36.4 Å². The highest BCUT2D eigenvalue weighted by molar-refractivity contribution is 5.77. The second kappa shape index (κ2) is 10.1. The maximum atomic E-state index is 10.9. The Bertz CT molecular complexity index is 945. The van der Waals surface area contributed by atoms with Crippen LogP contribution >= 0.6 is 0 Å². The van der Waals surface area contributed by atoms with Gasteiger partial charge in [0, 0.05) is 11.1 Å². The number of hydrogen-bond donors (Lipinski definition) is 0. The van der Waals surface area contributed by atoms with Crippen LogP contribution in [0.2, 0.25) is 0 Å². The number of rotatable bonds is 10. The molecule has 0 amide bonds. The first-order chi connectivity index (χ1) is 14.7. The van der Waals surface area contributed by atoms with Crippen LogP contribution in [0.1, 0.15) is 31.8 Å². The lowest BCUT2D eigenvalue weighted by Gasteiger charge is -2.15. The molecule has 0 aliphatic heterocycles. The van der Waals surface area contributed by atoms with E-state index in [0.717, 1.165) is 23.7 Å². The highest BCUT2D eigenvalue weighted by Crippen LogP contribution is 2.30. The Hall–Kier alpha value is -3.80. The topological polar surface area (TPSA) is 71.1 Å². The molecule has 0 radical (unpaired) electrons. The zero-order valence-corrected chi connectivity index (χ0v) is 16.8. The van der Waals surface area contributed by atoms with Gasteiger partial charge in [0.15, 0.2) is 23.0 Å². The first-order valence-electron chi connectivity index (χ1n) is 9.27. The van der Waals surface area contributed by atoms with E-state index in [0.29, 0.717) is 47.3 Å². The molecule has 0 unspecified atom stereocenters. The van der Waals surface area contributed by atoms with E-state index >= 15 is 0 Å². The third-order valence-electron chi connectivity index (χ3n) is 4.53. The van der Waals surface area contributed by atoms with E-state index in [2.05, 4.69) is 0 Å². The second-order valence-corrected chi connectivity index (χ2v) is 6.40. The van der Waals surface area contributed by atoms with Gasteiger partial charge in [-0.05, 0) is 47.5 Å². The van der Waals surface area contributed by atoms with Crippen LogP contribution in [0.15, 0.2) is 60.7 Å². The zero-order valence-electron chi connectivity index (χ0n) is 16.8. The Morgan fingerprint density at radius 1 is 0.633 bits per heavy atom. The maximum Gasteiger partial charge on any atom is 0.161 e. The summed E-state index contributed by atoms with van der Waals surface area (Å²) in [6.45, 7) is 0.606. The van der Waals surface area contributed by atoms with Crippen LogP contribution in [0, 0.1) is 0 Å². The summed E-state index contributed by atoms with van der Waals surface area (Å²) in [5.74, 6) is 2.08. The van der Waals surface area contributed by atoms with E-state index in [1.165, 1.54) is 14.2 Å². The van der Waals surface area contributed by atoms with Crippen molar-refractivity contribution in [2.24, 2.45) is 0 Å². The minimum atomic E-state index is 0.303. The van der Waals surface area contributed by atoms with Crippen LogP contribution in [-0.2, 0) is 13.2 Å². The van der Waals surface area contributed by atoms with Crippen LogP contribution in [0.25, 0.3) is 0 Å². The van der Waals surface area contributed by atoms with Crippen molar-refractivity contribution < 1.29 is 28.5 Å². The summed E-state index contributed by atoms with van der Waals surface area (Å²) in [4.78, 5) is 21.9. The smallest absolute Gasteiger partial charge is 0.161 e. The van der Waals surface area contributed by atoms with E-state index in [-0.39, 0.29) is 0 Å². The van der Waals surface area contributed by atoms with Gasteiger partial charge in [-0.15, -0.1) is 0 Å². The summed E-state index contributed by atoms with van der Waals surface area (Å²) in [5, 5.41) is 0. The van der Waals surface area contributed by atoms with Gasteiger partial charge in [-0.25, -0.2) is 0 Å². The van der Waals surface area contributed by atoms with E-state index in [1.807, 2.05) is 24.3 Å². The van der Waals surface area contributed by atoms with Crippen LogP contribution in [0.3, 0.4) is 0 Å². The summed E-state index contributed by atoms with van der Waals surface area (Å²) in [6, 6.07) is 17.8. The number of hydrogen-bond acceptors (Lipinski definition) is 6. The lowest BCUT2D eigenvalue weighted by atomic mass is 10.1. The molecule has 0 N–H and O–H groups in total. The molecule has 0 heterocycles. The molecule has 0 saturated heterocycles. The molecule has 0 bridgehead atoms. The minimum absolute atomic E-state index is 0.303. The molecule has 0 fully saturated rings. The molecule has 0 aliphatic carbocycles. The Morgan fingerprint density at radius 3 is 1.43 bits per heavy atom. The molecule has 30 heavy (non-hydrogen) atoms. The first-order valence-corrected chi connectivity index (χ1v) is 9.27. The SMILES string of the molecule is COc1cc(C=O)ccc1OCc1ccccc1COc1ccc(C=O)cc1OC.